The highest BCUT2D eigenvalue weighted by molar-refractivity contribution is 7.13. The molecule has 2 saturated heterocycles. The monoisotopic (exact) mass is 392 g/mol. The standard InChI is InChI=1S/C19H25ClN4OS/c1-14-11-24(17-6-8-23(9-7-17)19-22-21-13-26-19)18(12-25-14)10-15-2-4-16(20)5-3-15/h2-5,13-14,17-18H,6-12H2,1H3/t14-,18-/m0/s1. The van der Waals surface area contributed by atoms with Crippen LogP contribution in [0, 0.1) is 0 Å². The van der Waals surface area contributed by atoms with Crippen molar-refractivity contribution in [2.24, 2.45) is 0 Å². The maximum atomic E-state index is 6.03. The second-order valence-corrected chi connectivity index (χ2v) is 8.51. The molecule has 0 aliphatic carbocycles. The van der Waals surface area contributed by atoms with Crippen LogP contribution in [0.1, 0.15) is 25.3 Å². The van der Waals surface area contributed by atoms with Crippen LogP contribution in [0.4, 0.5) is 5.13 Å². The number of nitrogens with zero attached hydrogens (tertiary/aromatic N) is 4. The molecule has 2 aliphatic rings. The lowest BCUT2D eigenvalue weighted by atomic mass is 9.96. The zero-order valence-electron chi connectivity index (χ0n) is 15.1. The first-order valence-electron chi connectivity index (χ1n) is 9.32. The van der Waals surface area contributed by atoms with Crippen molar-refractivity contribution in [3.63, 3.8) is 0 Å². The molecule has 26 heavy (non-hydrogen) atoms. The second-order valence-electron chi connectivity index (χ2n) is 7.26. The fourth-order valence-electron chi connectivity index (χ4n) is 4.08. The van der Waals surface area contributed by atoms with Gasteiger partial charge in [0.15, 0.2) is 0 Å². The van der Waals surface area contributed by atoms with Gasteiger partial charge in [0, 0.05) is 36.7 Å². The van der Waals surface area contributed by atoms with Gasteiger partial charge in [-0.25, -0.2) is 0 Å². The summed E-state index contributed by atoms with van der Waals surface area (Å²) in [6, 6.07) is 9.28. The topological polar surface area (TPSA) is 41.5 Å². The van der Waals surface area contributed by atoms with Gasteiger partial charge in [0.05, 0.1) is 12.7 Å². The smallest absolute Gasteiger partial charge is 0.208 e. The molecule has 0 amide bonds. The van der Waals surface area contributed by atoms with Crippen molar-refractivity contribution in [2.45, 2.75) is 44.4 Å². The number of halogens is 1. The van der Waals surface area contributed by atoms with E-state index in [4.69, 9.17) is 16.3 Å². The van der Waals surface area contributed by atoms with Crippen molar-refractivity contribution < 1.29 is 4.74 Å². The van der Waals surface area contributed by atoms with E-state index in [1.165, 1.54) is 18.4 Å². The molecule has 0 spiro atoms. The second kappa shape index (κ2) is 8.21. The minimum Gasteiger partial charge on any atom is -0.376 e. The summed E-state index contributed by atoms with van der Waals surface area (Å²) < 4.78 is 5.99. The van der Waals surface area contributed by atoms with Crippen molar-refractivity contribution >= 4 is 28.1 Å². The molecule has 2 atom stereocenters. The van der Waals surface area contributed by atoms with Crippen LogP contribution in [0.15, 0.2) is 29.8 Å². The lowest BCUT2D eigenvalue weighted by Crippen LogP contribution is -2.56. The molecule has 5 nitrogen and oxygen atoms in total. The molecule has 2 fully saturated rings. The fraction of sp³-hybridized carbons (Fsp3) is 0.579. The van der Waals surface area contributed by atoms with Gasteiger partial charge >= 0.3 is 0 Å². The summed E-state index contributed by atoms with van der Waals surface area (Å²) in [6.07, 6.45) is 3.66. The molecule has 7 heteroatoms. The first-order chi connectivity index (χ1) is 12.7. The summed E-state index contributed by atoms with van der Waals surface area (Å²) >= 11 is 7.66. The number of morpholine rings is 1. The lowest BCUT2D eigenvalue weighted by Gasteiger charge is -2.46. The number of piperidine rings is 1. The highest BCUT2D eigenvalue weighted by atomic mass is 35.5. The van der Waals surface area contributed by atoms with Crippen molar-refractivity contribution in [1.82, 2.24) is 15.1 Å². The van der Waals surface area contributed by atoms with E-state index < -0.39 is 0 Å². The van der Waals surface area contributed by atoms with Crippen LogP contribution in [0.25, 0.3) is 0 Å². The molecule has 2 aliphatic heterocycles. The highest BCUT2D eigenvalue weighted by Crippen LogP contribution is 2.27. The summed E-state index contributed by atoms with van der Waals surface area (Å²) in [5.74, 6) is 0. The molecule has 0 unspecified atom stereocenters. The molecule has 0 bridgehead atoms. The van der Waals surface area contributed by atoms with Crippen LogP contribution >= 0.6 is 22.9 Å². The summed E-state index contributed by atoms with van der Waals surface area (Å²) in [7, 11) is 0. The van der Waals surface area contributed by atoms with Gasteiger partial charge in [-0.3, -0.25) is 4.90 Å². The van der Waals surface area contributed by atoms with E-state index in [0.717, 1.165) is 42.8 Å². The summed E-state index contributed by atoms with van der Waals surface area (Å²) in [5, 5.41) is 10.0. The van der Waals surface area contributed by atoms with E-state index in [2.05, 4.69) is 39.1 Å². The van der Waals surface area contributed by atoms with Crippen molar-refractivity contribution in [3.05, 3.63) is 40.4 Å². The first kappa shape index (κ1) is 18.2. The molecule has 1 aromatic carbocycles. The summed E-state index contributed by atoms with van der Waals surface area (Å²) in [5.41, 5.74) is 3.14. The Bertz CT molecular complexity index is 688. The van der Waals surface area contributed by atoms with Gasteiger partial charge in [0.2, 0.25) is 5.13 Å². The number of hydrogen-bond donors (Lipinski definition) is 0. The Hall–Kier alpha value is -1.21. The Morgan fingerprint density at radius 2 is 2.00 bits per heavy atom. The Morgan fingerprint density at radius 1 is 1.23 bits per heavy atom. The Morgan fingerprint density at radius 3 is 2.69 bits per heavy atom. The molecule has 0 saturated carbocycles. The van der Waals surface area contributed by atoms with Crippen LogP contribution in [0.5, 0.6) is 0 Å². The predicted molar refractivity (Wildman–Crippen MR) is 106 cm³/mol. The SMILES string of the molecule is C[C@H]1CN(C2CCN(c3nncs3)CC2)[C@@H](Cc2ccc(Cl)cc2)CO1. The van der Waals surface area contributed by atoms with Crippen LogP contribution in [-0.2, 0) is 11.2 Å². The van der Waals surface area contributed by atoms with E-state index in [0.29, 0.717) is 18.2 Å². The van der Waals surface area contributed by atoms with Crippen LogP contribution in [0.3, 0.4) is 0 Å². The van der Waals surface area contributed by atoms with Gasteiger partial charge in [-0.2, -0.15) is 0 Å². The fourth-order valence-corrected chi connectivity index (χ4v) is 4.82. The largest absolute Gasteiger partial charge is 0.376 e. The van der Waals surface area contributed by atoms with Gasteiger partial charge in [-0.1, -0.05) is 35.1 Å². The highest BCUT2D eigenvalue weighted by Gasteiger charge is 2.34. The maximum Gasteiger partial charge on any atom is 0.208 e. The van der Waals surface area contributed by atoms with E-state index in [1.807, 2.05) is 17.6 Å². The molecule has 1 aromatic heterocycles. The Labute approximate surface area is 163 Å². The van der Waals surface area contributed by atoms with E-state index in [9.17, 15) is 0 Å². The number of ether oxygens (including phenoxy) is 1. The minimum absolute atomic E-state index is 0.303. The minimum atomic E-state index is 0.303. The Kier molecular flexibility index (Phi) is 5.74. The van der Waals surface area contributed by atoms with Crippen LogP contribution in [0.2, 0.25) is 5.02 Å². The molecule has 2 aromatic rings. The molecule has 140 valence electrons. The van der Waals surface area contributed by atoms with Crippen molar-refractivity contribution in [2.75, 3.05) is 31.1 Å². The predicted octanol–water partition coefficient (Wildman–Crippen LogP) is 3.49. The molecular formula is C19H25ClN4OS. The van der Waals surface area contributed by atoms with Gasteiger partial charge in [-0.05, 0) is 43.9 Å². The number of aromatic nitrogens is 2. The molecule has 0 radical (unpaired) electrons. The van der Waals surface area contributed by atoms with Gasteiger partial charge in [0.25, 0.3) is 0 Å². The molecular weight excluding hydrogens is 368 g/mol. The van der Waals surface area contributed by atoms with Gasteiger partial charge in [0.1, 0.15) is 5.51 Å². The zero-order chi connectivity index (χ0) is 17.9. The van der Waals surface area contributed by atoms with Gasteiger partial charge < -0.3 is 9.64 Å². The quantitative estimate of drug-likeness (QED) is 0.796. The normalized spacial score (nSPS) is 25.5. The van der Waals surface area contributed by atoms with E-state index in [1.54, 1.807) is 11.3 Å². The first-order valence-corrected chi connectivity index (χ1v) is 10.6. The van der Waals surface area contributed by atoms with Crippen molar-refractivity contribution in [1.29, 1.82) is 0 Å². The van der Waals surface area contributed by atoms with Crippen LogP contribution < -0.4 is 4.90 Å². The summed E-state index contributed by atoms with van der Waals surface area (Å²) in [6.45, 7) is 6.11. The average molecular weight is 393 g/mol. The van der Waals surface area contributed by atoms with E-state index >= 15 is 0 Å². The number of rotatable bonds is 4. The maximum absolute atomic E-state index is 6.03. The molecule has 4 rings (SSSR count). The van der Waals surface area contributed by atoms with E-state index in [-0.39, 0.29) is 0 Å². The number of benzene rings is 1. The van der Waals surface area contributed by atoms with Crippen molar-refractivity contribution in [3.8, 4) is 0 Å². The van der Waals surface area contributed by atoms with Crippen LogP contribution in [-0.4, -0.2) is 59.5 Å². The third kappa shape index (κ3) is 4.19. The lowest BCUT2D eigenvalue weighted by molar-refractivity contribution is -0.0745. The number of anilines is 1. The average Bonchev–Trinajstić information content (AvgIpc) is 3.20. The summed E-state index contributed by atoms with van der Waals surface area (Å²) in [4.78, 5) is 5.06. The third-order valence-electron chi connectivity index (χ3n) is 5.45. The zero-order valence-corrected chi connectivity index (χ0v) is 16.6. The molecule has 3 heterocycles. The third-order valence-corrected chi connectivity index (χ3v) is 6.45. The molecule has 0 N–H and O–H groups in total. The number of hydrogen-bond acceptors (Lipinski definition) is 6. The van der Waals surface area contributed by atoms with Gasteiger partial charge in [-0.15, -0.1) is 10.2 Å². The Balaban J connectivity index is 1.41.